The molecule has 0 spiro atoms. The Morgan fingerprint density at radius 2 is 2.18 bits per heavy atom. The van der Waals surface area contributed by atoms with Gasteiger partial charge in [0.2, 0.25) is 5.91 Å². The fourth-order valence-electron chi connectivity index (χ4n) is 1.51. The van der Waals surface area contributed by atoms with Crippen LogP contribution in [0.3, 0.4) is 0 Å². The van der Waals surface area contributed by atoms with E-state index in [0.29, 0.717) is 6.54 Å². The fourth-order valence-corrected chi connectivity index (χ4v) is 1.91. The highest BCUT2D eigenvalue weighted by atomic mass is 79.9. The Morgan fingerprint density at radius 1 is 1.47 bits per heavy atom. The molecule has 0 aliphatic rings. The number of rotatable bonds is 5. The predicted octanol–water partition coefficient (Wildman–Crippen LogP) is 2.49. The first-order chi connectivity index (χ1) is 7.95. The van der Waals surface area contributed by atoms with Gasteiger partial charge in [0, 0.05) is 23.5 Å². The first-order valence-electron chi connectivity index (χ1n) is 5.47. The Bertz CT molecular complexity index is 391. The second-order valence-corrected chi connectivity index (χ2v) is 5.52. The molecule has 0 aromatic heterocycles. The Kier molecular flexibility index (Phi) is 5.15. The van der Waals surface area contributed by atoms with Crippen LogP contribution in [0.2, 0.25) is 0 Å². The van der Waals surface area contributed by atoms with E-state index in [-0.39, 0.29) is 17.9 Å². The number of carbonyl (C=O) groups excluding carboxylic acids is 1. The van der Waals surface area contributed by atoms with E-state index in [1.54, 1.807) is 0 Å². The van der Waals surface area contributed by atoms with Crippen molar-refractivity contribution in [2.75, 3.05) is 20.3 Å². The average Bonchev–Trinajstić information content (AvgIpc) is 2.27. The minimum atomic E-state index is -0.104. The molecule has 0 bridgehead atoms. The number of ether oxygens (including phenoxy) is 1. The fraction of sp³-hybridized carbons (Fsp3) is 0.462. The lowest BCUT2D eigenvalue weighted by molar-refractivity contribution is -0.124. The zero-order chi connectivity index (χ0) is 12.9. The second kappa shape index (κ2) is 6.17. The molecule has 0 aliphatic heterocycles. The summed E-state index contributed by atoms with van der Waals surface area (Å²) in [4.78, 5) is 11.3. The molecule has 1 aromatic carbocycles. The van der Waals surface area contributed by atoms with E-state index in [1.165, 1.54) is 12.7 Å². The Hall–Kier alpha value is -0.870. The maximum atomic E-state index is 11.3. The van der Waals surface area contributed by atoms with Crippen molar-refractivity contribution in [2.24, 2.45) is 0 Å². The number of methoxy groups -OCH3 is 1. The van der Waals surface area contributed by atoms with E-state index in [4.69, 9.17) is 4.74 Å². The molecule has 1 N–H and O–H groups in total. The number of halogens is 1. The topological polar surface area (TPSA) is 38.3 Å². The monoisotopic (exact) mass is 299 g/mol. The van der Waals surface area contributed by atoms with Crippen molar-refractivity contribution in [3.8, 4) is 0 Å². The van der Waals surface area contributed by atoms with E-state index in [1.807, 2.05) is 12.1 Å². The van der Waals surface area contributed by atoms with Gasteiger partial charge in [-0.15, -0.1) is 0 Å². The summed E-state index contributed by atoms with van der Waals surface area (Å²) in [6, 6.07) is 8.12. The van der Waals surface area contributed by atoms with Crippen LogP contribution in [0.5, 0.6) is 0 Å². The summed E-state index contributed by atoms with van der Waals surface area (Å²) in [5.41, 5.74) is 1.08. The average molecular weight is 300 g/mol. The molecule has 1 amide bonds. The molecule has 1 aromatic rings. The summed E-state index contributed by atoms with van der Waals surface area (Å²) in [7, 11) is 1.51. The van der Waals surface area contributed by atoms with Crippen LogP contribution in [0.15, 0.2) is 28.7 Å². The maximum absolute atomic E-state index is 11.3. The normalized spacial score (nSPS) is 11.3. The molecular weight excluding hydrogens is 282 g/mol. The molecular formula is C13H18BrNO2. The van der Waals surface area contributed by atoms with Crippen molar-refractivity contribution in [2.45, 2.75) is 19.3 Å². The van der Waals surface area contributed by atoms with Crippen LogP contribution in [0.25, 0.3) is 0 Å². The number of benzene rings is 1. The van der Waals surface area contributed by atoms with E-state index in [9.17, 15) is 4.79 Å². The van der Waals surface area contributed by atoms with Crippen LogP contribution >= 0.6 is 15.9 Å². The summed E-state index contributed by atoms with van der Waals surface area (Å²) in [5, 5.41) is 2.86. The van der Waals surface area contributed by atoms with E-state index < -0.39 is 0 Å². The largest absolute Gasteiger partial charge is 0.375 e. The Balaban J connectivity index is 2.65. The molecule has 0 saturated carbocycles. The lowest BCUT2D eigenvalue weighted by atomic mass is 9.84. The lowest BCUT2D eigenvalue weighted by Gasteiger charge is -2.25. The maximum Gasteiger partial charge on any atom is 0.246 e. The van der Waals surface area contributed by atoms with Gasteiger partial charge in [0.15, 0.2) is 0 Å². The van der Waals surface area contributed by atoms with Crippen molar-refractivity contribution in [3.63, 3.8) is 0 Å². The first kappa shape index (κ1) is 14.2. The van der Waals surface area contributed by atoms with Crippen LogP contribution in [-0.4, -0.2) is 26.2 Å². The number of carbonyl (C=O) groups is 1. The van der Waals surface area contributed by atoms with Crippen molar-refractivity contribution in [3.05, 3.63) is 34.3 Å². The summed E-state index contributed by atoms with van der Waals surface area (Å²) >= 11 is 3.45. The van der Waals surface area contributed by atoms with E-state index in [2.05, 4.69) is 47.2 Å². The first-order valence-corrected chi connectivity index (χ1v) is 6.27. The number of amides is 1. The molecule has 0 aliphatic carbocycles. The highest BCUT2D eigenvalue weighted by Crippen LogP contribution is 2.24. The van der Waals surface area contributed by atoms with Crippen molar-refractivity contribution in [1.29, 1.82) is 0 Å². The summed E-state index contributed by atoms with van der Waals surface area (Å²) in [6.07, 6.45) is 0. The molecule has 4 heteroatoms. The second-order valence-electron chi connectivity index (χ2n) is 4.60. The lowest BCUT2D eigenvalue weighted by Crippen LogP contribution is -2.38. The molecule has 1 rings (SSSR count). The van der Waals surface area contributed by atoms with Crippen LogP contribution in [-0.2, 0) is 14.9 Å². The molecule has 0 radical (unpaired) electrons. The quantitative estimate of drug-likeness (QED) is 0.907. The molecule has 0 fully saturated rings. The van der Waals surface area contributed by atoms with Gasteiger partial charge in [-0.2, -0.15) is 0 Å². The third-order valence-corrected chi connectivity index (χ3v) is 3.10. The molecule has 17 heavy (non-hydrogen) atoms. The third kappa shape index (κ3) is 4.48. The molecule has 0 heterocycles. The summed E-state index contributed by atoms with van der Waals surface area (Å²) in [6.45, 7) is 4.89. The van der Waals surface area contributed by atoms with Crippen molar-refractivity contribution >= 4 is 21.8 Å². The molecule has 3 nitrogen and oxygen atoms in total. The minimum absolute atomic E-state index is 0.0874. The van der Waals surface area contributed by atoms with Gasteiger partial charge in [-0.3, -0.25) is 4.79 Å². The number of nitrogens with one attached hydrogen (secondary N) is 1. The van der Waals surface area contributed by atoms with Gasteiger partial charge in [0.05, 0.1) is 0 Å². The van der Waals surface area contributed by atoms with Crippen molar-refractivity contribution in [1.82, 2.24) is 5.32 Å². The number of hydrogen-bond acceptors (Lipinski definition) is 2. The van der Waals surface area contributed by atoms with Crippen molar-refractivity contribution < 1.29 is 9.53 Å². The smallest absolute Gasteiger partial charge is 0.246 e. The highest BCUT2D eigenvalue weighted by molar-refractivity contribution is 9.10. The van der Waals surface area contributed by atoms with Gasteiger partial charge in [0.25, 0.3) is 0 Å². The van der Waals surface area contributed by atoms with Gasteiger partial charge in [-0.25, -0.2) is 0 Å². The van der Waals surface area contributed by atoms with Gasteiger partial charge >= 0.3 is 0 Å². The predicted molar refractivity (Wildman–Crippen MR) is 72.1 cm³/mol. The zero-order valence-electron chi connectivity index (χ0n) is 10.4. The molecule has 0 saturated heterocycles. The van der Waals surface area contributed by atoms with Gasteiger partial charge in [-0.05, 0) is 17.7 Å². The summed E-state index contributed by atoms with van der Waals surface area (Å²) < 4.78 is 5.82. The highest BCUT2D eigenvalue weighted by Gasteiger charge is 2.21. The van der Waals surface area contributed by atoms with Crippen LogP contribution < -0.4 is 5.32 Å². The van der Waals surface area contributed by atoms with Crippen LogP contribution in [0, 0.1) is 0 Å². The van der Waals surface area contributed by atoms with Crippen LogP contribution in [0.1, 0.15) is 19.4 Å². The zero-order valence-corrected chi connectivity index (χ0v) is 12.0. The molecule has 0 atom stereocenters. The summed E-state index contributed by atoms with van der Waals surface area (Å²) in [5.74, 6) is -0.0874. The van der Waals surface area contributed by atoms with Gasteiger partial charge < -0.3 is 10.1 Å². The SMILES string of the molecule is COCC(=O)NCC(C)(C)c1cccc(Br)c1. The van der Waals surface area contributed by atoms with E-state index >= 15 is 0 Å². The van der Waals surface area contributed by atoms with Crippen LogP contribution in [0.4, 0.5) is 0 Å². The number of hydrogen-bond donors (Lipinski definition) is 1. The Labute approximate surface area is 111 Å². The Morgan fingerprint density at radius 3 is 2.76 bits per heavy atom. The molecule has 0 unspecified atom stereocenters. The van der Waals surface area contributed by atoms with E-state index in [0.717, 1.165) is 4.47 Å². The van der Waals surface area contributed by atoms with Gasteiger partial charge in [-0.1, -0.05) is 41.9 Å². The standard InChI is InChI=1S/C13H18BrNO2/c1-13(2,9-15-12(16)8-17-3)10-5-4-6-11(14)7-10/h4-7H,8-9H2,1-3H3,(H,15,16). The van der Waals surface area contributed by atoms with Gasteiger partial charge in [0.1, 0.15) is 6.61 Å². The molecule has 94 valence electrons. The minimum Gasteiger partial charge on any atom is -0.375 e. The third-order valence-electron chi connectivity index (χ3n) is 2.61.